The van der Waals surface area contributed by atoms with Gasteiger partial charge in [0, 0.05) is 26.0 Å². The first-order valence-corrected chi connectivity index (χ1v) is 10.4. The first kappa shape index (κ1) is 22.6. The highest BCUT2D eigenvalue weighted by Gasteiger charge is 2.30. The minimum Gasteiger partial charge on any atom is -0.497 e. The number of benzene rings is 1. The van der Waals surface area contributed by atoms with Crippen LogP contribution < -0.4 is 26.8 Å². The first-order valence-electron chi connectivity index (χ1n) is 10.4. The van der Waals surface area contributed by atoms with E-state index >= 15 is 0 Å². The highest BCUT2D eigenvalue weighted by Crippen LogP contribution is 2.25. The van der Waals surface area contributed by atoms with Crippen LogP contribution in [0.1, 0.15) is 40.7 Å². The van der Waals surface area contributed by atoms with Crippen LogP contribution in [0.25, 0.3) is 5.57 Å². The summed E-state index contributed by atoms with van der Waals surface area (Å²) in [6, 6.07) is 9.44. The molecule has 2 aromatic rings. The number of amides is 1. The van der Waals surface area contributed by atoms with Crippen molar-refractivity contribution in [2.24, 2.45) is 5.73 Å². The lowest BCUT2D eigenvalue weighted by Crippen LogP contribution is -2.41. The van der Waals surface area contributed by atoms with Crippen molar-refractivity contribution in [3.63, 3.8) is 0 Å². The molecule has 8 heteroatoms. The van der Waals surface area contributed by atoms with Crippen LogP contribution in [0.5, 0.6) is 5.75 Å². The van der Waals surface area contributed by atoms with E-state index in [0.717, 1.165) is 41.7 Å². The van der Waals surface area contributed by atoms with Crippen molar-refractivity contribution < 1.29 is 14.3 Å². The summed E-state index contributed by atoms with van der Waals surface area (Å²) in [5, 5.41) is 6.04. The van der Waals surface area contributed by atoms with Crippen LogP contribution in [-0.4, -0.2) is 43.7 Å². The van der Waals surface area contributed by atoms with Crippen LogP contribution in [0.4, 0.5) is 5.82 Å². The van der Waals surface area contributed by atoms with E-state index < -0.39 is 0 Å². The maximum Gasteiger partial charge on any atom is 0.255 e. The smallest absolute Gasteiger partial charge is 0.255 e. The molecule has 8 nitrogen and oxygen atoms in total. The molecule has 0 radical (unpaired) electrons. The standard InChI is InChI=1S/C23H31N5O3/c1-26-12-17(11-24)16-10-19(22(25)27-13-16)23(29)28-20-7-4-8-21(20)31-14-15-5-3-6-18(9-15)30-2/h3,5-6,9-10,12-13,20-21,26H,4,7-8,11,14,24H2,1-2H3,(H2,25,27)(H,28,29)/b17-12+/t20-,21-/m0/s1. The number of nitrogens with zero attached hydrogens (tertiary/aromatic N) is 1. The van der Waals surface area contributed by atoms with E-state index in [1.165, 1.54) is 0 Å². The third-order valence-electron chi connectivity index (χ3n) is 5.44. The largest absolute Gasteiger partial charge is 0.497 e. The maximum absolute atomic E-state index is 13.0. The summed E-state index contributed by atoms with van der Waals surface area (Å²) in [5.74, 6) is 0.730. The lowest BCUT2D eigenvalue weighted by atomic mass is 10.1. The fourth-order valence-electron chi connectivity index (χ4n) is 3.77. The SMILES string of the molecule is CN/C=C(\CN)c1cnc(N)c(C(=O)N[C@H]2CCC[C@@H]2OCc2cccc(OC)c2)c1. The molecule has 1 fully saturated rings. The molecular weight excluding hydrogens is 394 g/mol. The Morgan fingerprint density at radius 3 is 2.90 bits per heavy atom. The summed E-state index contributed by atoms with van der Waals surface area (Å²) >= 11 is 0. The Morgan fingerprint density at radius 1 is 1.32 bits per heavy atom. The molecule has 0 spiro atoms. The zero-order chi connectivity index (χ0) is 22.2. The van der Waals surface area contributed by atoms with Gasteiger partial charge in [-0.1, -0.05) is 12.1 Å². The van der Waals surface area contributed by atoms with E-state index in [4.69, 9.17) is 20.9 Å². The molecule has 2 atom stereocenters. The zero-order valence-corrected chi connectivity index (χ0v) is 18.1. The highest BCUT2D eigenvalue weighted by molar-refractivity contribution is 5.99. The second-order valence-corrected chi connectivity index (χ2v) is 7.53. The Labute approximate surface area is 183 Å². The molecule has 166 valence electrons. The quantitative estimate of drug-likeness (QED) is 0.485. The highest BCUT2D eigenvalue weighted by atomic mass is 16.5. The Morgan fingerprint density at radius 2 is 2.16 bits per heavy atom. The minimum absolute atomic E-state index is 0.0590. The van der Waals surface area contributed by atoms with E-state index in [1.54, 1.807) is 32.6 Å². The van der Waals surface area contributed by atoms with Gasteiger partial charge in [0.1, 0.15) is 11.6 Å². The van der Waals surface area contributed by atoms with Crippen LogP contribution in [0, 0.1) is 0 Å². The predicted octanol–water partition coefficient (Wildman–Crippen LogP) is 2.06. The van der Waals surface area contributed by atoms with Gasteiger partial charge in [-0.3, -0.25) is 4.79 Å². The van der Waals surface area contributed by atoms with Gasteiger partial charge >= 0.3 is 0 Å². The molecule has 31 heavy (non-hydrogen) atoms. The summed E-state index contributed by atoms with van der Waals surface area (Å²) in [5.41, 5.74) is 14.8. The maximum atomic E-state index is 13.0. The number of aromatic nitrogens is 1. The van der Waals surface area contributed by atoms with Gasteiger partial charge in [-0.25, -0.2) is 4.98 Å². The molecule has 1 aliphatic rings. The van der Waals surface area contributed by atoms with Crippen LogP contribution >= 0.6 is 0 Å². The molecule has 1 aromatic carbocycles. The van der Waals surface area contributed by atoms with Gasteiger partial charge in [-0.05, 0) is 54.2 Å². The summed E-state index contributed by atoms with van der Waals surface area (Å²) in [6.45, 7) is 0.776. The summed E-state index contributed by atoms with van der Waals surface area (Å²) < 4.78 is 11.4. The third-order valence-corrected chi connectivity index (χ3v) is 5.44. The number of hydrogen-bond donors (Lipinski definition) is 4. The van der Waals surface area contributed by atoms with Crippen LogP contribution in [-0.2, 0) is 11.3 Å². The predicted molar refractivity (Wildman–Crippen MR) is 121 cm³/mol. The van der Waals surface area contributed by atoms with Gasteiger partial charge in [0.25, 0.3) is 5.91 Å². The lowest BCUT2D eigenvalue weighted by molar-refractivity contribution is 0.0271. The molecule has 1 heterocycles. The Hall–Kier alpha value is -3.10. The fourth-order valence-corrected chi connectivity index (χ4v) is 3.77. The molecule has 0 saturated heterocycles. The molecule has 1 aliphatic carbocycles. The van der Waals surface area contributed by atoms with E-state index in [-0.39, 0.29) is 23.9 Å². The van der Waals surface area contributed by atoms with E-state index in [0.29, 0.717) is 18.7 Å². The number of hydrogen-bond acceptors (Lipinski definition) is 7. The zero-order valence-electron chi connectivity index (χ0n) is 18.1. The summed E-state index contributed by atoms with van der Waals surface area (Å²) in [7, 11) is 3.43. The fraction of sp³-hybridized carbons (Fsp3) is 0.391. The number of anilines is 1. The van der Waals surface area contributed by atoms with E-state index in [9.17, 15) is 4.79 Å². The number of nitrogen functional groups attached to an aromatic ring is 1. The van der Waals surface area contributed by atoms with Gasteiger partial charge in [0.15, 0.2) is 0 Å². The number of rotatable bonds is 9. The van der Waals surface area contributed by atoms with Gasteiger partial charge in [0.05, 0.1) is 31.4 Å². The van der Waals surface area contributed by atoms with Crippen LogP contribution in [0.2, 0.25) is 0 Å². The molecule has 1 saturated carbocycles. The van der Waals surface area contributed by atoms with Gasteiger partial charge in [-0.2, -0.15) is 0 Å². The number of nitrogens with one attached hydrogen (secondary N) is 2. The van der Waals surface area contributed by atoms with Crippen molar-refractivity contribution >= 4 is 17.3 Å². The molecule has 0 bridgehead atoms. The van der Waals surface area contributed by atoms with Crippen molar-refractivity contribution in [1.29, 1.82) is 0 Å². The lowest BCUT2D eigenvalue weighted by Gasteiger charge is -2.22. The average Bonchev–Trinajstić information content (AvgIpc) is 3.23. The number of nitrogens with two attached hydrogens (primary N) is 2. The van der Waals surface area contributed by atoms with E-state index in [1.807, 2.05) is 24.3 Å². The van der Waals surface area contributed by atoms with Crippen molar-refractivity contribution in [1.82, 2.24) is 15.6 Å². The molecule has 0 unspecified atom stereocenters. The number of carbonyl (C=O) groups is 1. The molecule has 3 rings (SSSR count). The third kappa shape index (κ3) is 5.74. The average molecular weight is 426 g/mol. The minimum atomic E-state index is -0.255. The second kappa shape index (κ2) is 10.8. The van der Waals surface area contributed by atoms with Crippen molar-refractivity contribution in [3.05, 3.63) is 59.4 Å². The number of pyridine rings is 1. The molecular formula is C23H31N5O3. The van der Waals surface area contributed by atoms with Crippen LogP contribution in [0.3, 0.4) is 0 Å². The van der Waals surface area contributed by atoms with Gasteiger partial charge in [0.2, 0.25) is 0 Å². The van der Waals surface area contributed by atoms with E-state index in [2.05, 4.69) is 15.6 Å². The second-order valence-electron chi connectivity index (χ2n) is 7.53. The van der Waals surface area contributed by atoms with Crippen LogP contribution in [0.15, 0.2) is 42.7 Å². The van der Waals surface area contributed by atoms with Crippen molar-refractivity contribution in [2.45, 2.75) is 38.0 Å². The van der Waals surface area contributed by atoms with Gasteiger partial charge < -0.3 is 31.6 Å². The normalized spacial score (nSPS) is 18.6. The molecule has 0 aliphatic heterocycles. The topological polar surface area (TPSA) is 125 Å². The molecule has 1 amide bonds. The Balaban J connectivity index is 1.67. The summed E-state index contributed by atoms with van der Waals surface area (Å²) in [6.07, 6.45) is 6.09. The monoisotopic (exact) mass is 425 g/mol. The number of ether oxygens (including phenoxy) is 2. The molecule has 1 aromatic heterocycles. The van der Waals surface area contributed by atoms with Crippen molar-refractivity contribution in [3.8, 4) is 5.75 Å². The van der Waals surface area contributed by atoms with Crippen molar-refractivity contribution in [2.75, 3.05) is 26.4 Å². The number of methoxy groups -OCH3 is 1. The summed E-state index contributed by atoms with van der Waals surface area (Å²) in [4.78, 5) is 17.2. The first-order chi connectivity index (χ1) is 15.0. The molecule has 6 N–H and O–H groups in total. The Kier molecular flexibility index (Phi) is 7.86. The van der Waals surface area contributed by atoms with Gasteiger partial charge in [-0.15, -0.1) is 0 Å². The Bertz CT molecular complexity index is 931. The number of carbonyl (C=O) groups excluding carboxylic acids is 1.